The van der Waals surface area contributed by atoms with Crippen LogP contribution in [0.5, 0.6) is 0 Å². The summed E-state index contributed by atoms with van der Waals surface area (Å²) in [6, 6.07) is 4.37. The largest absolute Gasteiger partial charge is 2.00 e. The maximum absolute atomic E-state index is 3.25. The fourth-order valence-electron chi connectivity index (χ4n) is 0.750. The van der Waals surface area contributed by atoms with Gasteiger partial charge >= 0.3 is 23.1 Å². The molecular weight excluding hydrogens is 148 g/mol. The van der Waals surface area contributed by atoms with Gasteiger partial charge in [0.05, 0.1) is 0 Å². The summed E-state index contributed by atoms with van der Waals surface area (Å²) in [7, 11) is 0.137. The fraction of sp³-hybridized carbons (Fsp3) is 0.875. The predicted octanol–water partition coefficient (Wildman–Crippen LogP) is 3.00. The molecule has 0 rings (SSSR count). The van der Waals surface area contributed by atoms with Crippen LogP contribution in [-0.2, 0) is 0 Å². The van der Waals surface area contributed by atoms with E-state index in [-0.39, 0.29) is 31.8 Å². The summed E-state index contributed by atoms with van der Waals surface area (Å²) in [5.41, 5.74) is 0. The second-order valence-electron chi connectivity index (χ2n) is 1.81. The van der Waals surface area contributed by atoms with Crippen molar-refractivity contribution in [3.63, 3.8) is 0 Å². The van der Waals surface area contributed by atoms with E-state index in [0.29, 0.717) is 0 Å². The molecule has 0 aromatic carbocycles. The summed E-state index contributed by atoms with van der Waals surface area (Å²) < 4.78 is 0. The van der Waals surface area contributed by atoms with E-state index in [2.05, 4.69) is 27.7 Å². The van der Waals surface area contributed by atoms with Crippen molar-refractivity contribution in [1.82, 2.24) is 0 Å². The monoisotopic (exact) mass is 168 g/mol. The average molecular weight is 169 g/mol. The minimum atomic E-state index is 0. The molecule has 0 bridgehead atoms. The molecule has 10 heavy (non-hydrogen) atoms. The summed E-state index contributed by atoms with van der Waals surface area (Å²) in [6.07, 6.45) is 0. The molecule has 0 radical (unpaired) electrons. The van der Waals surface area contributed by atoms with E-state index < -0.39 is 0 Å². The van der Waals surface area contributed by atoms with Gasteiger partial charge in [0.1, 0.15) is 0 Å². The van der Waals surface area contributed by atoms with Gasteiger partial charge in [0.25, 0.3) is 0 Å². The van der Waals surface area contributed by atoms with Crippen LogP contribution in [0, 0.1) is 6.92 Å². The molecule has 0 spiro atoms. The molecule has 2 heteroatoms. The predicted molar refractivity (Wildman–Crippen MR) is 54.0 cm³/mol. The maximum Gasteiger partial charge on any atom is 2.00 e. The molecule has 0 aliphatic heterocycles. The number of hydrogen-bond acceptors (Lipinski definition) is 0. The first-order chi connectivity index (χ1) is 4.35. The molecule has 0 nitrogen and oxygen atoms in total. The molecule has 0 aromatic rings. The van der Waals surface area contributed by atoms with Crippen LogP contribution in [0.4, 0.5) is 0 Å². The van der Waals surface area contributed by atoms with E-state index in [0.717, 1.165) is 0 Å². The van der Waals surface area contributed by atoms with Crippen LogP contribution in [0.2, 0.25) is 18.1 Å². The molecule has 0 amide bonds. The maximum atomic E-state index is 3.25. The van der Waals surface area contributed by atoms with E-state index in [1.807, 2.05) is 0 Å². The van der Waals surface area contributed by atoms with Crippen LogP contribution < -0.4 is 0 Å². The van der Waals surface area contributed by atoms with Gasteiger partial charge in [-0.2, -0.15) is 25.1 Å². The van der Waals surface area contributed by atoms with Gasteiger partial charge in [0.2, 0.25) is 0 Å². The van der Waals surface area contributed by atoms with Gasteiger partial charge in [-0.3, -0.25) is 8.80 Å². The Labute approximate surface area is 84.5 Å². The van der Waals surface area contributed by atoms with Gasteiger partial charge in [0, 0.05) is 0 Å². The smallest absolute Gasteiger partial charge is 0.346 e. The Hall–Kier alpha value is 0.983. The summed E-state index contributed by atoms with van der Waals surface area (Å²) in [5.74, 6) is 0. The van der Waals surface area contributed by atoms with Gasteiger partial charge < -0.3 is 6.92 Å². The van der Waals surface area contributed by atoms with Gasteiger partial charge in [-0.05, 0) is 0 Å². The van der Waals surface area contributed by atoms with Crippen molar-refractivity contribution in [3.8, 4) is 0 Å². The minimum absolute atomic E-state index is 0. The Balaban J connectivity index is -0.000000149. The van der Waals surface area contributed by atoms with Crippen LogP contribution >= 0.6 is 0 Å². The van der Waals surface area contributed by atoms with Crippen LogP contribution in [0.3, 0.4) is 0 Å². The number of rotatable bonds is 3. The first-order valence-electron chi connectivity index (χ1n) is 3.89. The second-order valence-corrected chi connectivity index (χ2v) is 5.43. The molecular formula is C8H20MgSi. The Morgan fingerprint density at radius 2 is 1.10 bits per heavy atom. The van der Waals surface area contributed by atoms with Crippen LogP contribution in [0.1, 0.15) is 27.7 Å². The summed E-state index contributed by atoms with van der Waals surface area (Å²) >= 11 is 0. The zero-order valence-electron chi connectivity index (χ0n) is 8.04. The Kier molecular flexibility index (Phi) is 28.4. The third-order valence-corrected chi connectivity index (χ3v) is 4.50. The first kappa shape index (κ1) is 17.2. The van der Waals surface area contributed by atoms with Crippen molar-refractivity contribution in [2.45, 2.75) is 45.8 Å². The van der Waals surface area contributed by atoms with Crippen molar-refractivity contribution < 1.29 is 0 Å². The minimum Gasteiger partial charge on any atom is -0.346 e. The zero-order valence-corrected chi connectivity index (χ0v) is 10.4. The molecule has 0 fully saturated rings. The van der Waals surface area contributed by atoms with Crippen molar-refractivity contribution in [2.24, 2.45) is 0 Å². The Morgan fingerprint density at radius 3 is 1.10 bits per heavy atom. The fourth-order valence-corrected chi connectivity index (χ4v) is 2.25. The summed E-state index contributed by atoms with van der Waals surface area (Å²) in [5, 5.41) is 0. The second kappa shape index (κ2) is 16.5. The molecule has 58 valence electrons. The third-order valence-electron chi connectivity index (χ3n) is 1.50. The van der Waals surface area contributed by atoms with Gasteiger partial charge in [-0.15, -0.1) is 0 Å². The SMILES string of the molecule is CC[Si-](CC)CC.[CH2-]C.[Mg+2]. The van der Waals surface area contributed by atoms with E-state index in [9.17, 15) is 0 Å². The molecule has 0 aromatic heterocycles. The zero-order chi connectivity index (χ0) is 7.70. The Morgan fingerprint density at radius 1 is 0.900 bits per heavy atom. The number of hydrogen-bond donors (Lipinski definition) is 0. The van der Waals surface area contributed by atoms with Crippen molar-refractivity contribution in [2.75, 3.05) is 0 Å². The molecule has 0 unspecified atom stereocenters. The van der Waals surface area contributed by atoms with Crippen LogP contribution in [-0.4, -0.2) is 31.8 Å². The van der Waals surface area contributed by atoms with Gasteiger partial charge in [0.15, 0.2) is 0 Å². The molecule has 0 saturated heterocycles. The van der Waals surface area contributed by atoms with E-state index in [1.54, 1.807) is 6.92 Å². The summed E-state index contributed by atoms with van der Waals surface area (Å²) in [6.45, 7) is 11.9. The van der Waals surface area contributed by atoms with E-state index >= 15 is 0 Å². The van der Waals surface area contributed by atoms with Crippen LogP contribution in [0.25, 0.3) is 0 Å². The van der Waals surface area contributed by atoms with E-state index in [1.165, 1.54) is 18.1 Å². The van der Waals surface area contributed by atoms with E-state index in [4.69, 9.17) is 0 Å². The average Bonchev–Trinajstić information content (AvgIpc) is 1.96. The molecule has 0 aliphatic carbocycles. The van der Waals surface area contributed by atoms with Crippen molar-refractivity contribution in [3.05, 3.63) is 6.92 Å². The van der Waals surface area contributed by atoms with Crippen molar-refractivity contribution >= 4 is 31.8 Å². The quantitative estimate of drug-likeness (QED) is 0.449. The summed E-state index contributed by atoms with van der Waals surface area (Å²) in [4.78, 5) is 0. The molecule has 0 atom stereocenters. The third kappa shape index (κ3) is 11.7. The molecule has 0 N–H and O–H groups in total. The standard InChI is InChI=1S/C6H15Si.C2H5.Mg/c1-4-7(5-2)6-3;1-2;/h4-6H2,1-3H3;1H2,2H3;/q2*-1;+2. The van der Waals surface area contributed by atoms with Crippen LogP contribution in [0.15, 0.2) is 0 Å². The van der Waals surface area contributed by atoms with Crippen molar-refractivity contribution in [1.29, 1.82) is 0 Å². The topological polar surface area (TPSA) is 0 Å². The first-order valence-corrected chi connectivity index (χ1v) is 6.01. The molecule has 0 aliphatic rings. The van der Waals surface area contributed by atoms with Gasteiger partial charge in [-0.1, -0.05) is 20.8 Å². The molecule has 0 heterocycles. The molecule has 0 saturated carbocycles. The van der Waals surface area contributed by atoms with Gasteiger partial charge in [-0.25, -0.2) is 0 Å². The normalized spacial score (nSPS) is 7.80. The Bertz CT molecular complexity index is 30.7.